The first kappa shape index (κ1) is 21.8. The second kappa shape index (κ2) is 9.47. The Labute approximate surface area is 151 Å². The molecule has 0 amide bonds. The second-order valence-electron chi connectivity index (χ2n) is 6.09. The van der Waals surface area contributed by atoms with Gasteiger partial charge in [0.25, 0.3) is 5.16 Å². The maximum absolute atomic E-state index is 12.1. The standard InChI is InChI=1S/C16H28N2O5S2/c1-5-7-8-9-10-11-12-13-14(23-6-2)17-16(25(4,21)22)18-15(13)24(3,19)20/h5-12H2,1-4H3. The highest BCUT2D eigenvalue weighted by Crippen LogP contribution is 2.27. The van der Waals surface area contributed by atoms with Crippen molar-refractivity contribution in [1.82, 2.24) is 9.97 Å². The Balaban J connectivity index is 3.19. The van der Waals surface area contributed by atoms with E-state index in [1.165, 1.54) is 6.42 Å². The molecule has 1 aromatic rings. The van der Waals surface area contributed by atoms with Crippen LogP contribution in [0, 0.1) is 0 Å². The number of nitrogens with zero attached hydrogens (tertiary/aromatic N) is 2. The fourth-order valence-corrected chi connectivity index (χ4v) is 3.90. The van der Waals surface area contributed by atoms with E-state index < -0.39 is 24.8 Å². The predicted octanol–water partition coefficient (Wildman–Crippen LogP) is 2.59. The largest absolute Gasteiger partial charge is 0.478 e. The molecule has 0 unspecified atom stereocenters. The number of ether oxygens (including phenoxy) is 1. The third kappa shape index (κ3) is 6.89. The summed E-state index contributed by atoms with van der Waals surface area (Å²) in [6.07, 6.45) is 8.70. The van der Waals surface area contributed by atoms with Gasteiger partial charge in [-0.05, 0) is 19.8 Å². The minimum absolute atomic E-state index is 0.0481. The zero-order valence-corrected chi connectivity index (χ0v) is 17.0. The van der Waals surface area contributed by atoms with E-state index in [0.29, 0.717) is 12.0 Å². The fourth-order valence-electron chi connectivity index (χ4n) is 2.45. The van der Waals surface area contributed by atoms with Crippen molar-refractivity contribution in [3.63, 3.8) is 0 Å². The van der Waals surface area contributed by atoms with Crippen LogP contribution in [0.2, 0.25) is 0 Å². The van der Waals surface area contributed by atoms with Gasteiger partial charge >= 0.3 is 0 Å². The Morgan fingerprint density at radius 3 is 1.96 bits per heavy atom. The Morgan fingerprint density at radius 1 is 0.840 bits per heavy atom. The maximum atomic E-state index is 12.1. The average molecular weight is 393 g/mol. The average Bonchev–Trinajstić information content (AvgIpc) is 2.49. The van der Waals surface area contributed by atoms with Crippen molar-refractivity contribution in [2.45, 2.75) is 69.0 Å². The molecule has 0 radical (unpaired) electrons. The molecule has 0 N–H and O–H groups in total. The maximum Gasteiger partial charge on any atom is 0.251 e. The van der Waals surface area contributed by atoms with Gasteiger partial charge < -0.3 is 4.74 Å². The van der Waals surface area contributed by atoms with Crippen LogP contribution < -0.4 is 4.74 Å². The molecule has 0 spiro atoms. The van der Waals surface area contributed by atoms with E-state index in [4.69, 9.17) is 4.74 Å². The molecular weight excluding hydrogens is 364 g/mol. The van der Waals surface area contributed by atoms with E-state index in [1.54, 1.807) is 6.92 Å². The summed E-state index contributed by atoms with van der Waals surface area (Å²) in [7, 11) is -7.45. The molecule has 0 saturated heterocycles. The van der Waals surface area contributed by atoms with Crippen molar-refractivity contribution in [3.05, 3.63) is 5.56 Å². The quantitative estimate of drug-likeness (QED) is 0.324. The van der Waals surface area contributed by atoms with Crippen LogP contribution in [0.25, 0.3) is 0 Å². The van der Waals surface area contributed by atoms with Crippen molar-refractivity contribution in [2.75, 3.05) is 19.1 Å². The van der Waals surface area contributed by atoms with Crippen LogP contribution in [-0.2, 0) is 26.1 Å². The van der Waals surface area contributed by atoms with Gasteiger partial charge in [0.15, 0.2) is 14.9 Å². The second-order valence-corrected chi connectivity index (χ2v) is 9.93. The third-order valence-corrected chi connectivity index (χ3v) is 5.54. The van der Waals surface area contributed by atoms with Crippen LogP contribution in [0.3, 0.4) is 0 Å². The molecule has 1 heterocycles. The molecule has 144 valence electrons. The molecule has 1 aromatic heterocycles. The van der Waals surface area contributed by atoms with E-state index in [2.05, 4.69) is 16.9 Å². The van der Waals surface area contributed by atoms with Gasteiger partial charge in [0.05, 0.1) is 12.2 Å². The van der Waals surface area contributed by atoms with Crippen LogP contribution in [0.15, 0.2) is 10.2 Å². The van der Waals surface area contributed by atoms with Gasteiger partial charge in [0.1, 0.15) is 0 Å². The van der Waals surface area contributed by atoms with Gasteiger partial charge in [0, 0.05) is 12.5 Å². The summed E-state index contributed by atoms with van der Waals surface area (Å²) in [5, 5.41) is -0.775. The molecule has 1 rings (SSSR count). The van der Waals surface area contributed by atoms with Crippen LogP contribution >= 0.6 is 0 Å². The highest BCUT2D eigenvalue weighted by Gasteiger charge is 2.25. The van der Waals surface area contributed by atoms with Crippen LogP contribution in [0.4, 0.5) is 0 Å². The number of aromatic nitrogens is 2. The molecule has 0 aliphatic heterocycles. The smallest absolute Gasteiger partial charge is 0.251 e. The van der Waals surface area contributed by atoms with Gasteiger partial charge in [-0.15, -0.1) is 0 Å². The number of unbranched alkanes of at least 4 members (excludes halogenated alkanes) is 5. The monoisotopic (exact) mass is 392 g/mol. The molecule has 0 bridgehead atoms. The van der Waals surface area contributed by atoms with E-state index in [9.17, 15) is 16.8 Å². The van der Waals surface area contributed by atoms with Crippen LogP contribution in [-0.4, -0.2) is 45.9 Å². The molecule has 9 heteroatoms. The molecule has 7 nitrogen and oxygen atoms in total. The summed E-state index contributed by atoms with van der Waals surface area (Å²) < 4.78 is 53.2. The lowest BCUT2D eigenvalue weighted by atomic mass is 10.1. The Morgan fingerprint density at radius 2 is 1.44 bits per heavy atom. The predicted molar refractivity (Wildman–Crippen MR) is 96.5 cm³/mol. The zero-order chi connectivity index (χ0) is 19.1. The summed E-state index contributed by atoms with van der Waals surface area (Å²) in [6.45, 7) is 4.14. The molecule has 0 fully saturated rings. The van der Waals surface area contributed by atoms with Gasteiger partial charge in [0.2, 0.25) is 15.7 Å². The molecule has 0 saturated carbocycles. The number of hydrogen-bond acceptors (Lipinski definition) is 7. The minimum Gasteiger partial charge on any atom is -0.478 e. The molecule has 25 heavy (non-hydrogen) atoms. The van der Waals surface area contributed by atoms with E-state index in [1.807, 2.05) is 0 Å². The van der Waals surface area contributed by atoms with Crippen molar-refractivity contribution in [2.24, 2.45) is 0 Å². The minimum atomic E-state index is -3.75. The van der Waals surface area contributed by atoms with E-state index in [-0.39, 0.29) is 17.5 Å². The van der Waals surface area contributed by atoms with Gasteiger partial charge in [-0.3, -0.25) is 0 Å². The molecule has 0 aliphatic rings. The van der Waals surface area contributed by atoms with Crippen LogP contribution in [0.5, 0.6) is 5.88 Å². The van der Waals surface area contributed by atoms with E-state index in [0.717, 1.165) is 44.6 Å². The third-order valence-electron chi connectivity index (χ3n) is 3.65. The summed E-state index contributed by atoms with van der Waals surface area (Å²) in [5.41, 5.74) is 0.368. The van der Waals surface area contributed by atoms with Crippen molar-refractivity contribution in [3.8, 4) is 5.88 Å². The number of rotatable bonds is 11. The number of hydrogen-bond donors (Lipinski definition) is 0. The highest BCUT2D eigenvalue weighted by molar-refractivity contribution is 7.91. The summed E-state index contributed by atoms with van der Waals surface area (Å²) in [4.78, 5) is 7.77. The molecular formula is C16H28N2O5S2. The first-order chi connectivity index (χ1) is 11.6. The summed E-state index contributed by atoms with van der Waals surface area (Å²) >= 11 is 0. The first-order valence-corrected chi connectivity index (χ1v) is 12.3. The van der Waals surface area contributed by atoms with Gasteiger partial charge in [-0.25, -0.2) is 21.8 Å². The molecule has 0 aliphatic carbocycles. The summed E-state index contributed by atoms with van der Waals surface area (Å²) in [6, 6.07) is 0. The Kier molecular flexibility index (Phi) is 8.27. The summed E-state index contributed by atoms with van der Waals surface area (Å²) in [5.74, 6) is 0.0481. The zero-order valence-electron chi connectivity index (χ0n) is 15.4. The Bertz CT molecular complexity index is 774. The SMILES string of the molecule is CCCCCCCCc1c(OCC)nc(S(C)(=O)=O)nc1S(C)(=O)=O. The first-order valence-electron chi connectivity index (χ1n) is 8.55. The van der Waals surface area contributed by atoms with Gasteiger partial charge in [-0.2, -0.15) is 4.98 Å². The normalized spacial score (nSPS) is 12.3. The lowest BCUT2D eigenvalue weighted by Crippen LogP contribution is -2.15. The van der Waals surface area contributed by atoms with Gasteiger partial charge in [-0.1, -0.05) is 39.0 Å². The highest BCUT2D eigenvalue weighted by atomic mass is 32.2. The van der Waals surface area contributed by atoms with Crippen LogP contribution in [0.1, 0.15) is 57.9 Å². The Hall–Kier alpha value is -1.22. The topological polar surface area (TPSA) is 103 Å². The van der Waals surface area contributed by atoms with Crippen molar-refractivity contribution < 1.29 is 21.6 Å². The fraction of sp³-hybridized carbons (Fsp3) is 0.750. The number of sulfone groups is 2. The molecule has 0 atom stereocenters. The lowest BCUT2D eigenvalue weighted by molar-refractivity contribution is 0.315. The van der Waals surface area contributed by atoms with Crippen molar-refractivity contribution >= 4 is 19.7 Å². The lowest BCUT2D eigenvalue weighted by Gasteiger charge is -2.14. The van der Waals surface area contributed by atoms with E-state index >= 15 is 0 Å². The molecule has 0 aromatic carbocycles. The van der Waals surface area contributed by atoms with Crippen molar-refractivity contribution in [1.29, 1.82) is 0 Å².